The first kappa shape index (κ1) is 27.7. The second kappa shape index (κ2) is 11.9. The van der Waals surface area contributed by atoms with Gasteiger partial charge in [0.15, 0.2) is 5.78 Å². The Morgan fingerprint density at radius 2 is 2.03 bits per heavy atom. The number of ether oxygens (including phenoxy) is 1. The molecule has 0 bridgehead atoms. The minimum Gasteiger partial charge on any atom is -0.489 e. The van der Waals surface area contributed by atoms with Crippen LogP contribution in [-0.2, 0) is 30.5 Å². The Balaban J connectivity index is 1.62. The summed E-state index contributed by atoms with van der Waals surface area (Å²) in [5.74, 6) is 0.111. The van der Waals surface area contributed by atoms with E-state index in [1.165, 1.54) is 16.0 Å². The standard InChI is InChI=1S/C27H36ClNO5S/c1-5-23-20-12-27(3,4)9-8-19(20)26(35-23)22(32)7-6-17-10-16(2)25(21(28)11-17)34-15-18(31)13-29-24(33)14-30/h10-11,18,30-31H,5-9,12-15H2,1-4H3,(H,29,33). The van der Waals surface area contributed by atoms with Crippen molar-refractivity contribution in [1.29, 1.82) is 0 Å². The van der Waals surface area contributed by atoms with E-state index in [-0.39, 0.29) is 18.9 Å². The highest BCUT2D eigenvalue weighted by atomic mass is 35.5. The number of fused-ring (bicyclic) bond motifs is 1. The van der Waals surface area contributed by atoms with Crippen molar-refractivity contribution in [2.45, 2.75) is 72.3 Å². The van der Waals surface area contributed by atoms with Crippen molar-refractivity contribution in [3.05, 3.63) is 49.2 Å². The number of hydrogen-bond acceptors (Lipinski definition) is 6. The second-order valence-electron chi connectivity index (χ2n) is 10.1. The highest BCUT2D eigenvalue weighted by Crippen LogP contribution is 2.42. The zero-order valence-electron chi connectivity index (χ0n) is 21.0. The molecule has 1 amide bonds. The van der Waals surface area contributed by atoms with Gasteiger partial charge in [-0.1, -0.05) is 38.4 Å². The van der Waals surface area contributed by atoms with Gasteiger partial charge >= 0.3 is 0 Å². The summed E-state index contributed by atoms with van der Waals surface area (Å²) in [5, 5.41) is 21.5. The van der Waals surface area contributed by atoms with Crippen LogP contribution in [0.4, 0.5) is 0 Å². The highest BCUT2D eigenvalue weighted by Gasteiger charge is 2.31. The molecule has 3 N–H and O–H groups in total. The Kier molecular flexibility index (Phi) is 9.38. The van der Waals surface area contributed by atoms with Crippen molar-refractivity contribution in [3.8, 4) is 5.75 Å². The summed E-state index contributed by atoms with van der Waals surface area (Å²) < 4.78 is 5.68. The van der Waals surface area contributed by atoms with Crippen LogP contribution in [0.3, 0.4) is 0 Å². The lowest BCUT2D eigenvalue weighted by molar-refractivity contribution is -0.124. The molecule has 1 aliphatic rings. The lowest BCUT2D eigenvalue weighted by Gasteiger charge is -2.30. The van der Waals surface area contributed by atoms with E-state index in [1.807, 2.05) is 13.0 Å². The molecule has 0 spiro atoms. The number of aryl methyl sites for hydroxylation is 3. The number of benzene rings is 1. The van der Waals surface area contributed by atoms with Gasteiger partial charge in [0.2, 0.25) is 5.91 Å². The third-order valence-electron chi connectivity index (χ3n) is 6.51. The third-order valence-corrected chi connectivity index (χ3v) is 8.25. The normalized spacial score (nSPS) is 15.4. The van der Waals surface area contributed by atoms with Crippen LogP contribution in [0.25, 0.3) is 0 Å². The van der Waals surface area contributed by atoms with Crippen molar-refractivity contribution in [2.75, 3.05) is 19.8 Å². The van der Waals surface area contributed by atoms with E-state index < -0.39 is 18.6 Å². The SMILES string of the molecule is CCc1sc(C(=O)CCc2cc(C)c(OCC(O)CNC(=O)CO)c(Cl)c2)c2c1CC(C)(C)CC2. The summed E-state index contributed by atoms with van der Waals surface area (Å²) in [7, 11) is 0. The lowest BCUT2D eigenvalue weighted by Crippen LogP contribution is -2.36. The summed E-state index contributed by atoms with van der Waals surface area (Å²) in [6, 6.07) is 3.76. The van der Waals surface area contributed by atoms with Gasteiger partial charge in [-0.2, -0.15) is 0 Å². The smallest absolute Gasteiger partial charge is 0.245 e. The molecule has 8 heteroatoms. The molecular weight excluding hydrogens is 486 g/mol. The molecular formula is C27H36ClNO5S. The van der Waals surface area contributed by atoms with Gasteiger partial charge in [0.1, 0.15) is 25.1 Å². The maximum atomic E-state index is 13.2. The van der Waals surface area contributed by atoms with E-state index in [0.717, 1.165) is 41.7 Å². The predicted molar refractivity (Wildman–Crippen MR) is 140 cm³/mol. The number of aliphatic hydroxyl groups is 2. The Bertz CT molecular complexity index is 1050. The number of thiophene rings is 1. The van der Waals surface area contributed by atoms with Gasteiger partial charge in [-0.25, -0.2) is 0 Å². The third kappa shape index (κ3) is 7.06. The molecule has 35 heavy (non-hydrogen) atoms. The van der Waals surface area contributed by atoms with Crippen LogP contribution in [0.5, 0.6) is 5.75 Å². The number of carbonyl (C=O) groups excluding carboxylic acids is 2. The van der Waals surface area contributed by atoms with Crippen molar-refractivity contribution in [2.24, 2.45) is 5.41 Å². The van der Waals surface area contributed by atoms with Gasteiger partial charge in [-0.15, -0.1) is 11.3 Å². The maximum Gasteiger partial charge on any atom is 0.245 e. The van der Waals surface area contributed by atoms with Crippen LogP contribution in [-0.4, -0.2) is 47.8 Å². The van der Waals surface area contributed by atoms with Gasteiger partial charge in [0.05, 0.1) is 9.90 Å². The van der Waals surface area contributed by atoms with Crippen molar-refractivity contribution >= 4 is 34.6 Å². The van der Waals surface area contributed by atoms with Crippen molar-refractivity contribution in [1.82, 2.24) is 5.32 Å². The van der Waals surface area contributed by atoms with Crippen LogP contribution in [0, 0.1) is 12.3 Å². The maximum absolute atomic E-state index is 13.2. The Hall–Kier alpha value is -1.93. The fourth-order valence-electron chi connectivity index (χ4n) is 4.59. The quantitative estimate of drug-likeness (QED) is 0.380. The molecule has 1 heterocycles. The van der Waals surface area contributed by atoms with E-state index in [1.54, 1.807) is 17.4 Å². The molecule has 0 fully saturated rings. The number of nitrogens with one attached hydrogen (secondary N) is 1. The van der Waals surface area contributed by atoms with Crippen LogP contribution in [0.2, 0.25) is 5.02 Å². The number of halogens is 1. The van der Waals surface area contributed by atoms with Gasteiger partial charge in [0.25, 0.3) is 0 Å². The van der Waals surface area contributed by atoms with E-state index in [2.05, 4.69) is 26.1 Å². The van der Waals surface area contributed by atoms with Crippen molar-refractivity contribution in [3.63, 3.8) is 0 Å². The minimum absolute atomic E-state index is 0.0279. The molecule has 3 rings (SSSR count). The number of ketones is 1. The average molecular weight is 522 g/mol. The van der Waals surface area contributed by atoms with Gasteiger partial charge in [-0.05, 0) is 72.8 Å². The largest absolute Gasteiger partial charge is 0.489 e. The number of Topliss-reactive ketones (excluding diaryl/α,β-unsaturated/α-hetero) is 1. The highest BCUT2D eigenvalue weighted by molar-refractivity contribution is 7.14. The molecule has 1 aromatic carbocycles. The van der Waals surface area contributed by atoms with Gasteiger partial charge in [0, 0.05) is 17.8 Å². The molecule has 0 saturated heterocycles. The number of amides is 1. The number of rotatable bonds is 11. The molecule has 1 unspecified atom stereocenters. The van der Waals surface area contributed by atoms with Crippen LogP contribution < -0.4 is 10.1 Å². The number of hydrogen-bond donors (Lipinski definition) is 3. The summed E-state index contributed by atoms with van der Waals surface area (Å²) in [4.78, 5) is 26.6. The summed E-state index contributed by atoms with van der Waals surface area (Å²) >= 11 is 8.14. The fraction of sp³-hybridized carbons (Fsp3) is 0.556. The fourth-order valence-corrected chi connectivity index (χ4v) is 6.21. The van der Waals surface area contributed by atoms with E-state index >= 15 is 0 Å². The minimum atomic E-state index is -0.937. The lowest BCUT2D eigenvalue weighted by atomic mass is 9.74. The molecule has 0 saturated carbocycles. The first-order chi connectivity index (χ1) is 16.5. The molecule has 1 aliphatic carbocycles. The first-order valence-corrected chi connectivity index (χ1v) is 13.4. The number of aliphatic hydroxyl groups excluding tert-OH is 2. The topological polar surface area (TPSA) is 95.9 Å². The average Bonchev–Trinajstić information content (AvgIpc) is 3.17. The molecule has 2 aromatic rings. The molecule has 6 nitrogen and oxygen atoms in total. The first-order valence-electron chi connectivity index (χ1n) is 12.2. The Morgan fingerprint density at radius 1 is 1.29 bits per heavy atom. The predicted octanol–water partition coefficient (Wildman–Crippen LogP) is 4.45. The molecule has 1 aromatic heterocycles. The number of carbonyl (C=O) groups is 2. The van der Waals surface area contributed by atoms with Crippen LogP contribution >= 0.6 is 22.9 Å². The van der Waals surface area contributed by atoms with Gasteiger partial charge in [-0.3, -0.25) is 9.59 Å². The van der Waals surface area contributed by atoms with Crippen LogP contribution in [0.1, 0.15) is 70.4 Å². The molecule has 192 valence electrons. The Morgan fingerprint density at radius 3 is 2.69 bits per heavy atom. The zero-order valence-corrected chi connectivity index (χ0v) is 22.6. The summed E-state index contributed by atoms with van der Waals surface area (Å²) in [5.41, 5.74) is 4.76. The molecule has 1 atom stereocenters. The molecule has 0 aliphatic heterocycles. The van der Waals surface area contributed by atoms with E-state index in [4.69, 9.17) is 21.4 Å². The molecule has 0 radical (unpaired) electrons. The summed E-state index contributed by atoms with van der Waals surface area (Å²) in [6.07, 6.45) is 4.19. The van der Waals surface area contributed by atoms with E-state index in [9.17, 15) is 14.7 Å². The van der Waals surface area contributed by atoms with Crippen LogP contribution in [0.15, 0.2) is 12.1 Å². The van der Waals surface area contributed by atoms with Crippen molar-refractivity contribution < 1.29 is 24.5 Å². The zero-order chi connectivity index (χ0) is 25.8. The summed E-state index contributed by atoms with van der Waals surface area (Å²) in [6.45, 7) is 7.95. The Labute approximate surface area is 216 Å². The van der Waals surface area contributed by atoms with E-state index in [0.29, 0.717) is 29.0 Å². The second-order valence-corrected chi connectivity index (χ2v) is 11.6. The van der Waals surface area contributed by atoms with Gasteiger partial charge < -0.3 is 20.3 Å². The monoisotopic (exact) mass is 521 g/mol.